The van der Waals surface area contributed by atoms with E-state index in [0.717, 1.165) is 5.56 Å². The molecule has 0 fully saturated rings. The van der Waals surface area contributed by atoms with Crippen LogP contribution >= 0.6 is 11.6 Å². The van der Waals surface area contributed by atoms with Gasteiger partial charge in [0.1, 0.15) is 0 Å². The van der Waals surface area contributed by atoms with E-state index in [2.05, 4.69) is 0 Å². The van der Waals surface area contributed by atoms with Gasteiger partial charge in [-0.3, -0.25) is 4.79 Å². The van der Waals surface area contributed by atoms with E-state index in [1.54, 1.807) is 6.07 Å². The van der Waals surface area contributed by atoms with Crippen molar-refractivity contribution in [3.63, 3.8) is 0 Å². The fourth-order valence-electron chi connectivity index (χ4n) is 1.56. The molecule has 1 aromatic carbocycles. The fourth-order valence-corrected chi connectivity index (χ4v) is 1.81. The number of halogens is 1. The third kappa shape index (κ3) is 2.68. The first-order valence-electron chi connectivity index (χ1n) is 5.00. The van der Waals surface area contributed by atoms with Gasteiger partial charge in [0.25, 0.3) is 0 Å². The number of carbonyl (C=O) groups is 1. The Bertz CT molecular complexity index is 610. The molecule has 0 radical (unpaired) electrons. The quantitative estimate of drug-likeness (QED) is 0.909. The van der Waals surface area contributed by atoms with Crippen molar-refractivity contribution >= 4 is 28.7 Å². The van der Waals surface area contributed by atoms with Crippen LogP contribution in [0.5, 0.6) is 0 Å². The smallest absolute Gasteiger partial charge is 0.481 e. The number of aliphatic carboxylic acids is 1. The Labute approximate surface area is 101 Å². The summed E-state index contributed by atoms with van der Waals surface area (Å²) >= 11 is 5.98. The molecule has 0 aliphatic rings. The second-order valence-corrected chi connectivity index (χ2v) is 4.00. The number of hydrogen-bond donors (Lipinski definition) is 1. The molecule has 2 aromatic rings. The maximum atomic E-state index is 10.9. The standard InChI is InChI=1S/C11H9ClO5/c12-7-5-9-8(16-11(15)17-9)4-6(7)2-1-3-10(13)14/h4-5H,1-3H2,(H,13,14). The lowest BCUT2D eigenvalue weighted by Gasteiger charge is -2.01. The molecule has 0 spiro atoms. The number of carboxylic acids is 1. The molecule has 0 aliphatic carbocycles. The molecule has 0 saturated heterocycles. The summed E-state index contributed by atoms with van der Waals surface area (Å²) in [5.74, 6) is -1.63. The minimum absolute atomic E-state index is 0.0731. The van der Waals surface area contributed by atoms with Crippen molar-refractivity contribution in [3.8, 4) is 0 Å². The van der Waals surface area contributed by atoms with Gasteiger partial charge >= 0.3 is 11.8 Å². The van der Waals surface area contributed by atoms with Gasteiger partial charge in [-0.05, 0) is 24.5 Å². The third-order valence-electron chi connectivity index (χ3n) is 2.34. The molecule has 2 rings (SSSR count). The summed E-state index contributed by atoms with van der Waals surface area (Å²) in [5, 5.41) is 8.97. The van der Waals surface area contributed by atoms with E-state index in [4.69, 9.17) is 25.5 Å². The molecule has 0 atom stereocenters. The van der Waals surface area contributed by atoms with Crippen molar-refractivity contribution < 1.29 is 18.7 Å². The van der Waals surface area contributed by atoms with Gasteiger partial charge in [-0.25, -0.2) is 4.79 Å². The maximum absolute atomic E-state index is 10.9. The molecule has 0 saturated carbocycles. The van der Waals surface area contributed by atoms with Crippen LogP contribution in [0, 0.1) is 0 Å². The van der Waals surface area contributed by atoms with Gasteiger partial charge in [0.2, 0.25) is 0 Å². The molecule has 0 aliphatic heterocycles. The van der Waals surface area contributed by atoms with E-state index in [0.29, 0.717) is 29.0 Å². The zero-order valence-electron chi connectivity index (χ0n) is 8.73. The van der Waals surface area contributed by atoms with Gasteiger partial charge in [0.15, 0.2) is 11.2 Å². The molecule has 1 aromatic heterocycles. The van der Waals surface area contributed by atoms with E-state index < -0.39 is 11.8 Å². The van der Waals surface area contributed by atoms with Crippen molar-refractivity contribution in [3.05, 3.63) is 33.3 Å². The van der Waals surface area contributed by atoms with Gasteiger partial charge < -0.3 is 13.9 Å². The van der Waals surface area contributed by atoms with Crippen LogP contribution in [-0.4, -0.2) is 11.1 Å². The van der Waals surface area contributed by atoms with Crippen molar-refractivity contribution in [2.45, 2.75) is 19.3 Å². The largest absolute Gasteiger partial charge is 0.519 e. The summed E-state index contributed by atoms with van der Waals surface area (Å²) in [6.07, 6.45) is 1.06. The SMILES string of the molecule is O=C(O)CCCc1cc2oc(=O)oc2cc1Cl. The van der Waals surface area contributed by atoms with Crippen LogP contribution in [0.4, 0.5) is 0 Å². The topological polar surface area (TPSA) is 80.6 Å². The van der Waals surface area contributed by atoms with Crippen LogP contribution in [0.1, 0.15) is 18.4 Å². The Morgan fingerprint density at radius 2 is 1.94 bits per heavy atom. The molecule has 1 N–H and O–H groups in total. The zero-order valence-corrected chi connectivity index (χ0v) is 9.49. The summed E-state index contributed by atoms with van der Waals surface area (Å²) in [6.45, 7) is 0. The van der Waals surface area contributed by atoms with Crippen molar-refractivity contribution in [1.29, 1.82) is 0 Å². The first kappa shape index (κ1) is 11.7. The van der Waals surface area contributed by atoms with Crippen molar-refractivity contribution in [1.82, 2.24) is 0 Å². The second-order valence-electron chi connectivity index (χ2n) is 3.59. The summed E-state index contributed by atoms with van der Waals surface area (Å²) in [5.41, 5.74) is 1.36. The van der Waals surface area contributed by atoms with Gasteiger partial charge in [0, 0.05) is 17.5 Å². The Balaban J connectivity index is 2.24. The highest BCUT2D eigenvalue weighted by Gasteiger charge is 2.09. The Hall–Kier alpha value is -1.75. The van der Waals surface area contributed by atoms with Crippen LogP contribution in [0.2, 0.25) is 5.02 Å². The zero-order chi connectivity index (χ0) is 12.4. The second kappa shape index (κ2) is 4.63. The van der Waals surface area contributed by atoms with Gasteiger partial charge in [-0.2, -0.15) is 0 Å². The summed E-state index contributed by atoms with van der Waals surface area (Å²) in [4.78, 5) is 21.2. The molecule has 90 valence electrons. The predicted molar refractivity (Wildman–Crippen MR) is 60.3 cm³/mol. The van der Waals surface area contributed by atoms with Gasteiger partial charge in [-0.1, -0.05) is 11.6 Å². The van der Waals surface area contributed by atoms with Crippen molar-refractivity contribution in [2.24, 2.45) is 0 Å². The molecular formula is C11H9ClO5. The van der Waals surface area contributed by atoms with E-state index in [1.165, 1.54) is 6.07 Å². The highest BCUT2D eigenvalue weighted by Crippen LogP contribution is 2.24. The Morgan fingerprint density at radius 1 is 1.29 bits per heavy atom. The molecule has 0 bridgehead atoms. The maximum Gasteiger partial charge on any atom is 0.519 e. The fraction of sp³-hybridized carbons (Fsp3) is 0.273. The van der Waals surface area contributed by atoms with Crippen LogP contribution < -0.4 is 5.82 Å². The molecule has 17 heavy (non-hydrogen) atoms. The number of carboxylic acid groups (broad SMARTS) is 1. The van der Waals surface area contributed by atoms with E-state index in [1.807, 2.05) is 0 Å². The highest BCUT2D eigenvalue weighted by atomic mass is 35.5. The first-order chi connectivity index (χ1) is 8.06. The lowest BCUT2D eigenvalue weighted by atomic mass is 10.1. The number of aryl methyl sites for hydroxylation is 1. The summed E-state index contributed by atoms with van der Waals surface area (Å²) in [6, 6.07) is 3.10. The van der Waals surface area contributed by atoms with Crippen LogP contribution in [0.3, 0.4) is 0 Å². The van der Waals surface area contributed by atoms with Gasteiger partial charge in [-0.15, -0.1) is 0 Å². The number of fused-ring (bicyclic) bond motifs is 1. The lowest BCUT2D eigenvalue weighted by Crippen LogP contribution is -1.96. The molecule has 5 nitrogen and oxygen atoms in total. The predicted octanol–water partition coefficient (Wildman–Crippen LogP) is 2.45. The molecule has 1 heterocycles. The van der Waals surface area contributed by atoms with Gasteiger partial charge in [0.05, 0.1) is 0 Å². The summed E-state index contributed by atoms with van der Waals surface area (Å²) in [7, 11) is 0. The first-order valence-corrected chi connectivity index (χ1v) is 5.38. The van der Waals surface area contributed by atoms with E-state index in [-0.39, 0.29) is 6.42 Å². The van der Waals surface area contributed by atoms with E-state index in [9.17, 15) is 9.59 Å². The third-order valence-corrected chi connectivity index (χ3v) is 2.69. The molecular weight excluding hydrogens is 248 g/mol. The average Bonchev–Trinajstić information content (AvgIpc) is 2.57. The lowest BCUT2D eigenvalue weighted by molar-refractivity contribution is -0.137. The van der Waals surface area contributed by atoms with E-state index >= 15 is 0 Å². The normalized spacial score (nSPS) is 10.9. The molecule has 0 unspecified atom stereocenters. The highest BCUT2D eigenvalue weighted by molar-refractivity contribution is 6.32. The van der Waals surface area contributed by atoms with Crippen molar-refractivity contribution in [2.75, 3.05) is 0 Å². The molecule has 0 amide bonds. The molecule has 6 heteroatoms. The number of rotatable bonds is 4. The number of hydrogen-bond acceptors (Lipinski definition) is 4. The van der Waals surface area contributed by atoms with Crippen LogP contribution in [0.15, 0.2) is 25.8 Å². The Morgan fingerprint density at radius 3 is 2.59 bits per heavy atom. The Kier molecular flexibility index (Phi) is 3.19. The van der Waals surface area contributed by atoms with Crippen LogP contribution in [0.25, 0.3) is 11.2 Å². The van der Waals surface area contributed by atoms with Crippen LogP contribution in [-0.2, 0) is 11.2 Å². The summed E-state index contributed by atoms with van der Waals surface area (Å²) < 4.78 is 9.54. The number of benzene rings is 1. The monoisotopic (exact) mass is 256 g/mol. The average molecular weight is 257 g/mol. The minimum atomic E-state index is -0.850. The minimum Gasteiger partial charge on any atom is -0.481 e.